The molecular formula is C20H30N4O2S. The minimum Gasteiger partial charge on any atom is -0.356 e. The van der Waals surface area contributed by atoms with Crippen LogP contribution in [0, 0.1) is 0 Å². The maximum Gasteiger partial charge on any atom is 0.211 e. The molecule has 1 fully saturated rings. The predicted octanol–water partition coefficient (Wildman–Crippen LogP) is 2.64. The Morgan fingerprint density at radius 1 is 1.11 bits per heavy atom. The largest absolute Gasteiger partial charge is 0.356 e. The molecule has 2 N–H and O–H groups in total. The fraction of sp³-hybridized carbons (Fsp3) is 0.550. The third-order valence-electron chi connectivity index (χ3n) is 4.98. The van der Waals surface area contributed by atoms with Gasteiger partial charge in [-0.1, -0.05) is 18.2 Å². The molecule has 0 bridgehead atoms. The predicted molar refractivity (Wildman–Crippen MR) is 112 cm³/mol. The standard InChI is InChI=1S/C20H30N4O2S/c1-2-27(25,26)22-12-8-11-21-16-18-15-17-9-4-5-10-19(17)23-20(18)24-13-6-3-7-14-24/h4-5,9-10,15,21-22H,2-3,6-8,11-14,16H2,1H3. The van der Waals surface area contributed by atoms with E-state index in [0.29, 0.717) is 6.54 Å². The van der Waals surface area contributed by atoms with Crippen molar-refractivity contribution in [1.29, 1.82) is 0 Å². The number of rotatable bonds is 9. The summed E-state index contributed by atoms with van der Waals surface area (Å²) >= 11 is 0. The number of benzene rings is 1. The van der Waals surface area contributed by atoms with Crippen molar-refractivity contribution < 1.29 is 8.42 Å². The van der Waals surface area contributed by atoms with Crippen molar-refractivity contribution in [2.75, 3.05) is 36.8 Å². The maximum atomic E-state index is 11.5. The van der Waals surface area contributed by atoms with Crippen LogP contribution in [0.4, 0.5) is 5.82 Å². The van der Waals surface area contributed by atoms with Gasteiger partial charge in [0, 0.05) is 37.1 Å². The van der Waals surface area contributed by atoms with Gasteiger partial charge in [-0.15, -0.1) is 0 Å². The van der Waals surface area contributed by atoms with Crippen LogP contribution in [-0.4, -0.2) is 45.3 Å². The molecule has 2 heterocycles. The second kappa shape index (κ2) is 9.48. The molecule has 0 amide bonds. The van der Waals surface area contributed by atoms with Crippen LogP contribution in [0.15, 0.2) is 30.3 Å². The number of pyridine rings is 1. The maximum absolute atomic E-state index is 11.5. The summed E-state index contributed by atoms with van der Waals surface area (Å²) in [6, 6.07) is 10.5. The summed E-state index contributed by atoms with van der Waals surface area (Å²) in [5, 5.41) is 4.61. The Labute approximate surface area is 162 Å². The highest BCUT2D eigenvalue weighted by Gasteiger charge is 2.16. The molecule has 6 nitrogen and oxygen atoms in total. The van der Waals surface area contributed by atoms with E-state index in [9.17, 15) is 8.42 Å². The van der Waals surface area contributed by atoms with E-state index in [1.807, 2.05) is 12.1 Å². The van der Waals surface area contributed by atoms with Crippen molar-refractivity contribution in [2.45, 2.75) is 39.2 Å². The smallest absolute Gasteiger partial charge is 0.211 e. The SMILES string of the molecule is CCS(=O)(=O)NCCCNCc1cc2ccccc2nc1N1CCCCC1. The van der Waals surface area contributed by atoms with Gasteiger partial charge in [0.15, 0.2) is 0 Å². The third-order valence-corrected chi connectivity index (χ3v) is 6.39. The highest BCUT2D eigenvalue weighted by molar-refractivity contribution is 7.89. The van der Waals surface area contributed by atoms with E-state index < -0.39 is 10.0 Å². The minimum atomic E-state index is -3.10. The average molecular weight is 391 g/mol. The summed E-state index contributed by atoms with van der Waals surface area (Å²) in [5.41, 5.74) is 2.25. The summed E-state index contributed by atoms with van der Waals surface area (Å²) in [7, 11) is -3.10. The number of hydrogen-bond donors (Lipinski definition) is 2. The van der Waals surface area contributed by atoms with E-state index in [1.165, 1.54) is 24.8 Å². The summed E-state index contributed by atoms with van der Waals surface area (Å²) in [6.45, 7) is 5.75. The normalized spacial score (nSPS) is 15.4. The molecule has 148 valence electrons. The highest BCUT2D eigenvalue weighted by Crippen LogP contribution is 2.26. The van der Waals surface area contributed by atoms with Crippen LogP contribution in [0.2, 0.25) is 0 Å². The first-order valence-corrected chi connectivity index (χ1v) is 11.6. The molecule has 0 unspecified atom stereocenters. The number of nitrogens with zero attached hydrogens (tertiary/aromatic N) is 2. The van der Waals surface area contributed by atoms with Gasteiger partial charge in [0.2, 0.25) is 10.0 Å². The van der Waals surface area contributed by atoms with E-state index >= 15 is 0 Å². The van der Waals surface area contributed by atoms with E-state index in [2.05, 4.69) is 33.1 Å². The number of fused-ring (bicyclic) bond motifs is 1. The van der Waals surface area contributed by atoms with Crippen LogP contribution in [-0.2, 0) is 16.6 Å². The lowest BCUT2D eigenvalue weighted by Gasteiger charge is -2.30. The Kier molecular flexibility index (Phi) is 7.04. The molecular weight excluding hydrogens is 360 g/mol. The van der Waals surface area contributed by atoms with Crippen molar-refractivity contribution in [3.8, 4) is 0 Å². The van der Waals surface area contributed by atoms with Crippen LogP contribution >= 0.6 is 0 Å². The number of sulfonamides is 1. The number of piperidine rings is 1. The van der Waals surface area contributed by atoms with E-state index in [1.54, 1.807) is 6.92 Å². The minimum absolute atomic E-state index is 0.127. The summed E-state index contributed by atoms with van der Waals surface area (Å²) in [5.74, 6) is 1.22. The van der Waals surface area contributed by atoms with Crippen LogP contribution < -0.4 is 14.9 Å². The first-order valence-electron chi connectivity index (χ1n) is 9.91. The molecule has 0 radical (unpaired) electrons. The monoisotopic (exact) mass is 390 g/mol. The number of nitrogens with one attached hydrogen (secondary N) is 2. The van der Waals surface area contributed by atoms with Crippen LogP contribution in [0.25, 0.3) is 10.9 Å². The average Bonchev–Trinajstić information content (AvgIpc) is 2.70. The van der Waals surface area contributed by atoms with Crippen molar-refractivity contribution in [3.05, 3.63) is 35.9 Å². The van der Waals surface area contributed by atoms with E-state index in [-0.39, 0.29) is 5.75 Å². The fourth-order valence-corrected chi connectivity index (χ4v) is 4.08. The summed E-state index contributed by atoms with van der Waals surface area (Å²) < 4.78 is 25.5. The van der Waals surface area contributed by atoms with E-state index in [4.69, 9.17) is 4.98 Å². The molecule has 1 saturated heterocycles. The van der Waals surface area contributed by atoms with Gasteiger partial charge in [0.1, 0.15) is 5.82 Å². The lowest BCUT2D eigenvalue weighted by molar-refractivity contribution is 0.567. The second-order valence-electron chi connectivity index (χ2n) is 7.04. The lowest BCUT2D eigenvalue weighted by Crippen LogP contribution is -2.32. The quantitative estimate of drug-likeness (QED) is 0.644. The molecule has 7 heteroatoms. The fourth-order valence-electron chi connectivity index (χ4n) is 3.43. The number of anilines is 1. The summed E-state index contributed by atoms with van der Waals surface area (Å²) in [4.78, 5) is 7.36. The molecule has 0 spiro atoms. The lowest BCUT2D eigenvalue weighted by atomic mass is 10.1. The zero-order valence-electron chi connectivity index (χ0n) is 16.1. The highest BCUT2D eigenvalue weighted by atomic mass is 32.2. The van der Waals surface area contributed by atoms with Gasteiger partial charge in [-0.05, 0) is 51.3 Å². The Morgan fingerprint density at radius 3 is 2.67 bits per heavy atom. The van der Waals surface area contributed by atoms with Gasteiger partial charge in [0.25, 0.3) is 0 Å². The van der Waals surface area contributed by atoms with Crippen LogP contribution in [0.1, 0.15) is 38.2 Å². The van der Waals surface area contributed by atoms with Gasteiger partial charge in [0.05, 0.1) is 11.3 Å². The van der Waals surface area contributed by atoms with Crippen LogP contribution in [0.3, 0.4) is 0 Å². The Balaban J connectivity index is 1.63. The topological polar surface area (TPSA) is 74.3 Å². The van der Waals surface area contributed by atoms with Crippen molar-refractivity contribution in [2.24, 2.45) is 0 Å². The Bertz CT molecular complexity index is 848. The van der Waals surface area contributed by atoms with E-state index in [0.717, 1.165) is 49.3 Å². The first kappa shape index (κ1) is 20.0. The molecule has 2 aromatic rings. The second-order valence-corrected chi connectivity index (χ2v) is 9.14. The van der Waals surface area contributed by atoms with Gasteiger partial charge < -0.3 is 10.2 Å². The van der Waals surface area contributed by atoms with Gasteiger partial charge in [-0.3, -0.25) is 0 Å². The van der Waals surface area contributed by atoms with Crippen LogP contribution in [0.5, 0.6) is 0 Å². The summed E-state index contributed by atoms with van der Waals surface area (Å²) in [6.07, 6.45) is 4.50. The molecule has 3 rings (SSSR count). The zero-order chi connectivity index (χ0) is 19.1. The van der Waals surface area contributed by atoms with Gasteiger partial charge in [-0.2, -0.15) is 0 Å². The Morgan fingerprint density at radius 2 is 1.89 bits per heavy atom. The number of aromatic nitrogens is 1. The van der Waals surface area contributed by atoms with Gasteiger partial charge >= 0.3 is 0 Å². The zero-order valence-corrected chi connectivity index (χ0v) is 16.9. The molecule has 0 atom stereocenters. The molecule has 1 aromatic carbocycles. The van der Waals surface area contributed by atoms with Crippen molar-refractivity contribution >= 4 is 26.7 Å². The first-order chi connectivity index (χ1) is 13.1. The van der Waals surface area contributed by atoms with Crippen molar-refractivity contribution in [3.63, 3.8) is 0 Å². The molecule has 1 aliphatic rings. The molecule has 27 heavy (non-hydrogen) atoms. The van der Waals surface area contributed by atoms with Gasteiger partial charge in [-0.25, -0.2) is 18.1 Å². The molecule has 1 aliphatic heterocycles. The Hall–Kier alpha value is -1.70. The molecule has 0 aliphatic carbocycles. The number of para-hydroxylation sites is 1. The van der Waals surface area contributed by atoms with Crippen molar-refractivity contribution in [1.82, 2.24) is 15.0 Å². The number of hydrogen-bond acceptors (Lipinski definition) is 5. The molecule has 0 saturated carbocycles. The molecule has 1 aromatic heterocycles. The third kappa shape index (κ3) is 5.64.